The number of nitro benzene ring substituents is 1. The summed E-state index contributed by atoms with van der Waals surface area (Å²) in [6, 6.07) is 20.0. The Labute approximate surface area is 195 Å². The second-order valence-corrected chi connectivity index (χ2v) is 8.59. The van der Waals surface area contributed by atoms with Gasteiger partial charge in [0.05, 0.1) is 22.2 Å². The van der Waals surface area contributed by atoms with E-state index in [-0.39, 0.29) is 11.6 Å². The number of nitro groups is 1. The molecule has 1 aromatic heterocycles. The van der Waals surface area contributed by atoms with Crippen LogP contribution in [-0.2, 0) is 0 Å². The zero-order valence-corrected chi connectivity index (χ0v) is 18.7. The number of anilines is 1. The van der Waals surface area contributed by atoms with Crippen molar-refractivity contribution < 1.29 is 9.72 Å². The molecule has 1 amide bonds. The number of para-hydroxylation sites is 1. The number of rotatable bonds is 4. The van der Waals surface area contributed by atoms with Gasteiger partial charge < -0.3 is 0 Å². The van der Waals surface area contributed by atoms with Gasteiger partial charge in [-0.2, -0.15) is 5.10 Å². The van der Waals surface area contributed by atoms with Crippen LogP contribution in [-0.4, -0.2) is 21.0 Å². The fraction of sp³-hybridized carbons (Fsp3) is 0.0435. The van der Waals surface area contributed by atoms with E-state index in [0.717, 1.165) is 10.0 Å². The summed E-state index contributed by atoms with van der Waals surface area (Å²) in [5, 5.41) is 19.6. The van der Waals surface area contributed by atoms with Crippen LogP contribution in [0.15, 0.2) is 77.3 Å². The van der Waals surface area contributed by atoms with E-state index in [4.69, 9.17) is 11.6 Å². The summed E-state index contributed by atoms with van der Waals surface area (Å²) < 4.78 is 0.905. The zero-order valence-electron chi connectivity index (χ0n) is 16.3. The van der Waals surface area contributed by atoms with Gasteiger partial charge in [0.1, 0.15) is 5.69 Å². The van der Waals surface area contributed by atoms with Crippen LogP contribution in [0, 0.1) is 10.1 Å². The van der Waals surface area contributed by atoms with Crippen LogP contribution < -0.4 is 4.90 Å². The van der Waals surface area contributed by atoms with Gasteiger partial charge in [-0.1, -0.05) is 51.8 Å². The molecule has 0 radical (unpaired) electrons. The molecule has 158 valence electrons. The van der Waals surface area contributed by atoms with Crippen LogP contribution in [0.1, 0.15) is 27.7 Å². The average Bonchev–Trinajstić information content (AvgIpc) is 3.34. The van der Waals surface area contributed by atoms with E-state index in [1.54, 1.807) is 47.4 Å². The molecule has 0 unspecified atom stereocenters. The Hall–Kier alpha value is -3.49. The van der Waals surface area contributed by atoms with Gasteiger partial charge in [0.15, 0.2) is 0 Å². The van der Waals surface area contributed by atoms with E-state index in [1.807, 2.05) is 24.3 Å². The molecule has 32 heavy (non-hydrogen) atoms. The Bertz CT molecular complexity index is 1350. The Morgan fingerprint density at radius 1 is 1.03 bits per heavy atom. The number of fused-ring (bicyclic) bond motifs is 1. The summed E-state index contributed by atoms with van der Waals surface area (Å²) in [7, 11) is 0. The maximum absolute atomic E-state index is 13.5. The molecule has 0 saturated heterocycles. The van der Waals surface area contributed by atoms with Gasteiger partial charge in [0.25, 0.3) is 11.6 Å². The number of carbonyl (C=O) groups excluding carboxylic acids is 1. The first-order chi connectivity index (χ1) is 15.5. The number of carbonyl (C=O) groups is 1. The second-order valence-electron chi connectivity index (χ2n) is 7.24. The van der Waals surface area contributed by atoms with Crippen LogP contribution in [0.25, 0.3) is 11.3 Å². The molecule has 4 aromatic rings. The number of hydrogen-bond donors (Lipinski definition) is 1. The predicted molar refractivity (Wildman–Crippen MR) is 125 cm³/mol. The molecule has 1 atom stereocenters. The van der Waals surface area contributed by atoms with Gasteiger partial charge >= 0.3 is 0 Å². The van der Waals surface area contributed by atoms with Gasteiger partial charge in [-0.05, 0) is 42.5 Å². The van der Waals surface area contributed by atoms with E-state index in [9.17, 15) is 14.9 Å². The summed E-state index contributed by atoms with van der Waals surface area (Å²) in [4.78, 5) is 26.4. The summed E-state index contributed by atoms with van der Waals surface area (Å²) in [6.45, 7) is 0. The molecule has 0 saturated carbocycles. The predicted octanol–water partition coefficient (Wildman–Crippen LogP) is 6.15. The van der Waals surface area contributed by atoms with Gasteiger partial charge in [-0.25, -0.2) is 0 Å². The largest absolute Gasteiger partial charge is 0.295 e. The fourth-order valence-corrected chi connectivity index (χ4v) is 4.41. The molecule has 1 aliphatic heterocycles. The highest BCUT2D eigenvalue weighted by molar-refractivity contribution is 9.10. The Morgan fingerprint density at radius 2 is 1.72 bits per heavy atom. The molecule has 1 aliphatic rings. The SMILES string of the molecule is O=C1c2[nH]nc(-c3ccc(Br)cc3)c2[C@@H](c2ccccc2[N+](=O)[O-])N1c1ccc(Cl)cc1. The van der Waals surface area contributed by atoms with Crippen LogP contribution in [0.4, 0.5) is 11.4 Å². The van der Waals surface area contributed by atoms with Gasteiger partial charge in [-0.3, -0.25) is 24.9 Å². The number of halogens is 2. The topological polar surface area (TPSA) is 92.1 Å². The van der Waals surface area contributed by atoms with Gasteiger partial charge in [-0.15, -0.1) is 0 Å². The summed E-state index contributed by atoms with van der Waals surface area (Å²) >= 11 is 9.47. The van der Waals surface area contributed by atoms with Gasteiger partial charge in [0.2, 0.25) is 0 Å². The summed E-state index contributed by atoms with van der Waals surface area (Å²) in [5.41, 5.74) is 3.18. The number of nitrogens with one attached hydrogen (secondary N) is 1. The van der Waals surface area contributed by atoms with E-state index in [2.05, 4.69) is 26.1 Å². The molecule has 0 aliphatic carbocycles. The molecule has 3 aromatic carbocycles. The third-order valence-corrected chi connectivity index (χ3v) is 6.20. The Balaban J connectivity index is 1.77. The number of nitrogens with zero attached hydrogens (tertiary/aromatic N) is 3. The minimum atomic E-state index is -0.738. The third kappa shape index (κ3) is 3.28. The number of amides is 1. The molecule has 0 fully saturated rings. The molecule has 1 N–H and O–H groups in total. The number of hydrogen-bond acceptors (Lipinski definition) is 4. The normalized spacial score (nSPS) is 15.1. The van der Waals surface area contributed by atoms with E-state index in [1.165, 1.54) is 6.07 Å². The minimum absolute atomic E-state index is 0.0694. The number of benzene rings is 3. The Morgan fingerprint density at radius 3 is 2.41 bits per heavy atom. The fourth-order valence-electron chi connectivity index (χ4n) is 4.02. The highest BCUT2D eigenvalue weighted by Gasteiger charge is 2.45. The zero-order chi connectivity index (χ0) is 22.4. The average molecular weight is 510 g/mol. The van der Waals surface area contributed by atoms with Crippen molar-refractivity contribution >= 4 is 44.8 Å². The van der Waals surface area contributed by atoms with Crippen molar-refractivity contribution in [2.24, 2.45) is 0 Å². The molecule has 7 nitrogen and oxygen atoms in total. The number of H-pyrrole nitrogens is 1. The maximum Gasteiger partial charge on any atom is 0.277 e. The molecular weight excluding hydrogens is 496 g/mol. The van der Waals surface area contributed by atoms with Crippen molar-refractivity contribution in [2.75, 3.05) is 4.90 Å². The first-order valence-corrected chi connectivity index (χ1v) is 10.8. The van der Waals surface area contributed by atoms with E-state index >= 15 is 0 Å². The van der Waals surface area contributed by atoms with Crippen molar-refractivity contribution in [1.29, 1.82) is 0 Å². The van der Waals surface area contributed by atoms with Crippen molar-refractivity contribution in [1.82, 2.24) is 10.2 Å². The molecule has 2 heterocycles. The first kappa shape index (κ1) is 20.4. The van der Waals surface area contributed by atoms with Crippen molar-refractivity contribution in [3.05, 3.63) is 109 Å². The molecule has 5 rings (SSSR count). The highest BCUT2D eigenvalue weighted by atomic mass is 79.9. The molecule has 9 heteroatoms. The lowest BCUT2D eigenvalue weighted by atomic mass is 9.94. The van der Waals surface area contributed by atoms with E-state index < -0.39 is 11.0 Å². The third-order valence-electron chi connectivity index (χ3n) is 5.42. The second kappa shape index (κ2) is 7.89. The standard InChI is InChI=1S/C23H14BrClN4O3/c24-14-7-5-13(6-8-14)20-19-21(27-26-20)23(30)28(16-11-9-15(25)10-12-16)22(19)17-3-1-2-4-18(17)29(31)32/h1-12,22H,(H,26,27)/t22-/m1/s1. The Kier molecular flexibility index (Phi) is 5.03. The van der Waals surface area contributed by atoms with Crippen molar-refractivity contribution in [3.8, 4) is 11.3 Å². The monoisotopic (exact) mass is 508 g/mol. The van der Waals surface area contributed by atoms with Crippen LogP contribution in [0.2, 0.25) is 5.02 Å². The maximum atomic E-state index is 13.5. The molecule has 0 spiro atoms. The summed E-state index contributed by atoms with van der Waals surface area (Å²) in [5.74, 6) is -0.318. The van der Waals surface area contributed by atoms with Crippen LogP contribution >= 0.6 is 27.5 Å². The minimum Gasteiger partial charge on any atom is -0.295 e. The highest BCUT2D eigenvalue weighted by Crippen LogP contribution is 2.47. The lowest BCUT2D eigenvalue weighted by molar-refractivity contribution is -0.385. The molecule has 0 bridgehead atoms. The van der Waals surface area contributed by atoms with Gasteiger partial charge in [0, 0.05) is 32.4 Å². The number of aromatic amines is 1. The first-order valence-electron chi connectivity index (χ1n) is 9.62. The lowest BCUT2D eigenvalue weighted by Crippen LogP contribution is -2.29. The van der Waals surface area contributed by atoms with Crippen molar-refractivity contribution in [3.63, 3.8) is 0 Å². The van der Waals surface area contributed by atoms with E-state index in [0.29, 0.717) is 33.2 Å². The van der Waals surface area contributed by atoms with Crippen LogP contribution in [0.5, 0.6) is 0 Å². The van der Waals surface area contributed by atoms with Crippen LogP contribution in [0.3, 0.4) is 0 Å². The molecular formula is C23H14BrClN4O3. The summed E-state index contributed by atoms with van der Waals surface area (Å²) in [6.07, 6.45) is 0. The number of aromatic nitrogens is 2. The lowest BCUT2D eigenvalue weighted by Gasteiger charge is -2.26. The van der Waals surface area contributed by atoms with Crippen molar-refractivity contribution in [2.45, 2.75) is 6.04 Å². The smallest absolute Gasteiger partial charge is 0.277 e. The quantitative estimate of drug-likeness (QED) is 0.264.